The molecule has 2 aromatic rings. The first kappa shape index (κ1) is 18.9. The van der Waals surface area contributed by atoms with Crippen LogP contribution >= 0.6 is 0 Å². The van der Waals surface area contributed by atoms with Gasteiger partial charge >= 0.3 is 0 Å². The zero-order chi connectivity index (χ0) is 18.1. The highest BCUT2D eigenvalue weighted by molar-refractivity contribution is 5.30. The second kappa shape index (κ2) is 9.73. The number of aromatic hydroxyl groups is 2. The van der Waals surface area contributed by atoms with Crippen LogP contribution in [0.3, 0.4) is 0 Å². The summed E-state index contributed by atoms with van der Waals surface area (Å²) in [6.07, 6.45) is -1.70. The summed E-state index contributed by atoms with van der Waals surface area (Å²) in [6, 6.07) is 12.3. The number of phenols is 2. The Morgan fingerprint density at radius 3 is 1.32 bits per heavy atom. The summed E-state index contributed by atoms with van der Waals surface area (Å²) in [5.41, 5.74) is 0. The molecule has 7 heteroatoms. The van der Waals surface area contributed by atoms with Crippen molar-refractivity contribution in [2.45, 2.75) is 12.2 Å². The van der Waals surface area contributed by atoms with Gasteiger partial charge in [0.2, 0.25) is 0 Å². The van der Waals surface area contributed by atoms with Gasteiger partial charge in [0.15, 0.2) is 0 Å². The molecule has 25 heavy (non-hydrogen) atoms. The quantitative estimate of drug-likeness (QED) is 0.511. The molecule has 136 valence electrons. The van der Waals surface area contributed by atoms with Gasteiger partial charge in [-0.15, -0.1) is 0 Å². The Labute approximate surface area is 145 Å². The molecule has 0 bridgehead atoms. The molecule has 0 radical (unpaired) electrons. The van der Waals surface area contributed by atoms with Crippen molar-refractivity contribution in [3.8, 4) is 23.0 Å². The lowest BCUT2D eigenvalue weighted by atomic mass is 10.3. The van der Waals surface area contributed by atoms with E-state index in [1.54, 1.807) is 24.3 Å². The normalized spacial score (nSPS) is 13.2. The van der Waals surface area contributed by atoms with Gasteiger partial charge < -0.3 is 34.6 Å². The lowest BCUT2D eigenvalue weighted by molar-refractivity contribution is -0.0308. The molecule has 0 aliphatic rings. The van der Waals surface area contributed by atoms with E-state index in [-0.39, 0.29) is 37.9 Å². The largest absolute Gasteiger partial charge is 0.508 e. The lowest BCUT2D eigenvalue weighted by Gasteiger charge is -2.15. The Balaban J connectivity index is 1.57. The minimum atomic E-state index is -0.848. The van der Waals surface area contributed by atoms with E-state index >= 15 is 0 Å². The number of ether oxygens (including phenoxy) is 3. The maximum atomic E-state index is 9.78. The first-order valence-corrected chi connectivity index (χ1v) is 7.80. The molecular weight excluding hydrogens is 328 g/mol. The van der Waals surface area contributed by atoms with Gasteiger partial charge in [-0.25, -0.2) is 0 Å². The van der Waals surface area contributed by atoms with Crippen LogP contribution in [0.1, 0.15) is 0 Å². The molecule has 0 spiro atoms. The van der Waals surface area contributed by atoms with Crippen LogP contribution in [-0.2, 0) is 4.74 Å². The smallest absolute Gasteiger partial charge is 0.119 e. The highest BCUT2D eigenvalue weighted by Crippen LogP contribution is 2.17. The fourth-order valence-electron chi connectivity index (χ4n) is 1.91. The molecule has 2 atom stereocenters. The van der Waals surface area contributed by atoms with Crippen LogP contribution in [0.4, 0.5) is 0 Å². The van der Waals surface area contributed by atoms with E-state index in [1.807, 2.05) is 0 Å². The summed E-state index contributed by atoms with van der Waals surface area (Å²) in [5.74, 6) is 1.33. The third-order valence-electron chi connectivity index (χ3n) is 3.18. The van der Waals surface area contributed by atoms with Gasteiger partial charge in [0.1, 0.15) is 48.4 Å². The Kier molecular flexibility index (Phi) is 7.34. The highest BCUT2D eigenvalue weighted by Gasteiger charge is 2.10. The van der Waals surface area contributed by atoms with Crippen LogP contribution in [0.25, 0.3) is 0 Å². The monoisotopic (exact) mass is 350 g/mol. The van der Waals surface area contributed by atoms with Crippen LogP contribution in [-0.4, -0.2) is 59.1 Å². The van der Waals surface area contributed by atoms with Crippen molar-refractivity contribution in [3.63, 3.8) is 0 Å². The average Bonchev–Trinajstić information content (AvgIpc) is 2.61. The highest BCUT2D eigenvalue weighted by atomic mass is 16.5. The third-order valence-corrected chi connectivity index (χ3v) is 3.18. The second-order valence-corrected chi connectivity index (χ2v) is 5.45. The first-order chi connectivity index (χ1) is 12.0. The molecule has 0 aliphatic carbocycles. The molecule has 0 aliphatic heterocycles. The summed E-state index contributed by atoms with van der Waals surface area (Å²) in [7, 11) is 0. The summed E-state index contributed by atoms with van der Waals surface area (Å²) < 4.78 is 15.9. The van der Waals surface area contributed by atoms with Crippen LogP contribution in [0.5, 0.6) is 23.0 Å². The second-order valence-electron chi connectivity index (χ2n) is 5.45. The fraction of sp³-hybridized carbons (Fsp3) is 0.333. The number of benzene rings is 2. The van der Waals surface area contributed by atoms with Gasteiger partial charge in [0.25, 0.3) is 0 Å². The van der Waals surface area contributed by atoms with Crippen molar-refractivity contribution in [3.05, 3.63) is 48.5 Å². The predicted octanol–water partition coefficient (Wildman–Crippen LogP) is 1.29. The molecule has 2 rings (SSSR count). The maximum absolute atomic E-state index is 9.78. The van der Waals surface area contributed by atoms with Crippen LogP contribution < -0.4 is 9.47 Å². The van der Waals surface area contributed by atoms with Gasteiger partial charge in [0.05, 0.1) is 13.2 Å². The molecule has 0 aromatic heterocycles. The van der Waals surface area contributed by atoms with Crippen molar-refractivity contribution in [1.82, 2.24) is 0 Å². The minimum Gasteiger partial charge on any atom is -0.508 e. The zero-order valence-corrected chi connectivity index (χ0v) is 13.6. The first-order valence-electron chi connectivity index (χ1n) is 7.80. The number of hydrogen-bond donors (Lipinski definition) is 4. The van der Waals surface area contributed by atoms with E-state index in [9.17, 15) is 10.2 Å². The van der Waals surface area contributed by atoms with E-state index < -0.39 is 12.2 Å². The SMILES string of the molecule is Oc1ccc(OCC(O)COCC(O)COc2ccc(O)cc2)cc1. The molecule has 2 unspecified atom stereocenters. The van der Waals surface area contributed by atoms with Crippen LogP contribution in [0, 0.1) is 0 Å². The Morgan fingerprint density at radius 2 is 0.960 bits per heavy atom. The zero-order valence-electron chi connectivity index (χ0n) is 13.6. The lowest BCUT2D eigenvalue weighted by Crippen LogP contribution is -2.28. The number of aliphatic hydroxyl groups excluding tert-OH is 2. The summed E-state index contributed by atoms with van der Waals surface area (Å²) >= 11 is 0. The van der Waals surface area contributed by atoms with Gasteiger partial charge in [-0.1, -0.05) is 0 Å². The molecule has 7 nitrogen and oxygen atoms in total. The average molecular weight is 350 g/mol. The maximum Gasteiger partial charge on any atom is 0.119 e. The Hall–Kier alpha value is -2.48. The third kappa shape index (κ3) is 7.30. The molecule has 0 saturated heterocycles. The van der Waals surface area contributed by atoms with Gasteiger partial charge in [-0.05, 0) is 48.5 Å². The number of hydrogen-bond acceptors (Lipinski definition) is 7. The van der Waals surface area contributed by atoms with E-state index in [0.29, 0.717) is 11.5 Å². The minimum absolute atomic E-state index is 0.00829. The molecule has 0 saturated carbocycles. The van der Waals surface area contributed by atoms with Crippen LogP contribution in [0.15, 0.2) is 48.5 Å². The molecule has 0 fully saturated rings. The summed E-state index contributed by atoms with van der Waals surface area (Å²) in [5, 5.41) is 37.9. The van der Waals surface area contributed by atoms with Crippen molar-refractivity contribution < 1.29 is 34.6 Å². The van der Waals surface area contributed by atoms with Crippen molar-refractivity contribution in [1.29, 1.82) is 0 Å². The van der Waals surface area contributed by atoms with Gasteiger partial charge in [-0.3, -0.25) is 0 Å². The standard InChI is InChI=1S/C18H22O7/c19-13-1-5-17(6-2-13)24-11-15(21)9-23-10-16(22)12-25-18-7-3-14(20)4-8-18/h1-8,15-16,19-22H,9-12H2. The molecule has 4 N–H and O–H groups in total. The molecule has 0 amide bonds. The summed E-state index contributed by atoms with van der Waals surface area (Å²) in [6.45, 7) is 0.0818. The van der Waals surface area contributed by atoms with Crippen molar-refractivity contribution in [2.24, 2.45) is 0 Å². The van der Waals surface area contributed by atoms with E-state index in [2.05, 4.69) is 0 Å². The van der Waals surface area contributed by atoms with Crippen molar-refractivity contribution >= 4 is 0 Å². The number of rotatable bonds is 10. The van der Waals surface area contributed by atoms with Crippen molar-refractivity contribution in [2.75, 3.05) is 26.4 Å². The van der Waals surface area contributed by atoms with E-state index in [4.69, 9.17) is 24.4 Å². The fourth-order valence-corrected chi connectivity index (χ4v) is 1.91. The Bertz CT molecular complexity index is 557. The van der Waals surface area contributed by atoms with E-state index in [1.165, 1.54) is 24.3 Å². The number of phenolic OH excluding ortho intramolecular Hbond substituents is 2. The van der Waals surface area contributed by atoms with E-state index in [0.717, 1.165) is 0 Å². The molecule has 0 heterocycles. The number of aliphatic hydroxyl groups is 2. The Morgan fingerprint density at radius 1 is 0.600 bits per heavy atom. The molecule has 2 aromatic carbocycles. The molecular formula is C18H22O7. The topological polar surface area (TPSA) is 109 Å². The van der Waals surface area contributed by atoms with Gasteiger partial charge in [-0.2, -0.15) is 0 Å². The van der Waals surface area contributed by atoms with Crippen LogP contribution in [0.2, 0.25) is 0 Å². The predicted molar refractivity (Wildman–Crippen MR) is 90.0 cm³/mol. The summed E-state index contributed by atoms with van der Waals surface area (Å²) in [4.78, 5) is 0. The van der Waals surface area contributed by atoms with Gasteiger partial charge in [0, 0.05) is 0 Å².